The Labute approximate surface area is 176 Å². The van der Waals surface area contributed by atoms with Crippen molar-refractivity contribution in [3.8, 4) is 0 Å². The highest BCUT2D eigenvalue weighted by atomic mass is 16.2. The molecule has 2 aliphatic heterocycles. The fraction of sp³-hybridized carbons (Fsp3) is 0.292. The van der Waals surface area contributed by atoms with Crippen molar-refractivity contribution in [2.75, 3.05) is 28.7 Å². The monoisotopic (exact) mass is 403 g/mol. The maximum absolute atomic E-state index is 12.9. The van der Waals surface area contributed by atoms with Crippen LogP contribution in [-0.4, -0.2) is 31.3 Å². The third kappa shape index (κ3) is 3.49. The van der Waals surface area contributed by atoms with Crippen LogP contribution in [0.15, 0.2) is 49.1 Å². The number of benzene rings is 2. The highest BCUT2D eigenvalue weighted by Gasteiger charge is 2.27. The Balaban J connectivity index is 1.57. The minimum atomic E-state index is -0.196. The second-order valence-electron chi connectivity index (χ2n) is 7.93. The summed E-state index contributed by atoms with van der Waals surface area (Å²) in [5.41, 5.74) is 5.03. The summed E-state index contributed by atoms with van der Waals surface area (Å²) in [6, 6.07) is 11.1. The van der Waals surface area contributed by atoms with Gasteiger partial charge in [-0.05, 0) is 72.4 Å². The lowest BCUT2D eigenvalue weighted by atomic mass is 9.91. The van der Waals surface area contributed by atoms with Crippen molar-refractivity contribution < 1.29 is 14.4 Å². The first-order valence-electron chi connectivity index (χ1n) is 10.2. The molecule has 0 bridgehead atoms. The summed E-state index contributed by atoms with van der Waals surface area (Å²) in [6.45, 7) is 6.25. The van der Waals surface area contributed by atoms with Gasteiger partial charge in [-0.2, -0.15) is 0 Å². The van der Waals surface area contributed by atoms with Gasteiger partial charge in [0.25, 0.3) is 5.91 Å². The Morgan fingerprint density at radius 1 is 1.17 bits per heavy atom. The molecule has 0 fully saturated rings. The summed E-state index contributed by atoms with van der Waals surface area (Å²) < 4.78 is 0. The van der Waals surface area contributed by atoms with Gasteiger partial charge in [0.1, 0.15) is 0 Å². The number of nitrogens with one attached hydrogen (secondary N) is 1. The smallest absolute Gasteiger partial charge is 0.255 e. The topological polar surface area (TPSA) is 69.7 Å². The molecule has 0 radical (unpaired) electrons. The molecule has 0 spiro atoms. The first-order chi connectivity index (χ1) is 14.4. The molecule has 2 aromatic carbocycles. The van der Waals surface area contributed by atoms with E-state index in [0.29, 0.717) is 24.2 Å². The molecular weight excluding hydrogens is 378 g/mol. The number of aryl methyl sites for hydroxylation is 1. The number of fused-ring (bicyclic) bond motifs is 2. The van der Waals surface area contributed by atoms with E-state index in [2.05, 4.69) is 11.9 Å². The van der Waals surface area contributed by atoms with Crippen molar-refractivity contribution in [3.63, 3.8) is 0 Å². The van der Waals surface area contributed by atoms with Gasteiger partial charge in [-0.1, -0.05) is 13.5 Å². The van der Waals surface area contributed by atoms with Gasteiger partial charge in [0.05, 0.1) is 0 Å². The lowest BCUT2D eigenvalue weighted by molar-refractivity contribution is -0.119. The molecule has 6 heteroatoms. The van der Waals surface area contributed by atoms with Gasteiger partial charge in [0.15, 0.2) is 0 Å². The van der Waals surface area contributed by atoms with Crippen LogP contribution in [0.2, 0.25) is 0 Å². The first-order valence-corrected chi connectivity index (χ1v) is 10.2. The molecule has 3 amide bonds. The summed E-state index contributed by atoms with van der Waals surface area (Å²) >= 11 is 0. The van der Waals surface area contributed by atoms with Crippen molar-refractivity contribution in [1.82, 2.24) is 0 Å². The predicted molar refractivity (Wildman–Crippen MR) is 118 cm³/mol. The van der Waals surface area contributed by atoms with Crippen LogP contribution in [0.1, 0.15) is 47.2 Å². The number of anilines is 3. The van der Waals surface area contributed by atoms with Crippen molar-refractivity contribution in [1.29, 1.82) is 0 Å². The van der Waals surface area contributed by atoms with Crippen molar-refractivity contribution in [2.24, 2.45) is 0 Å². The number of hydrogen-bond donors (Lipinski definition) is 1. The summed E-state index contributed by atoms with van der Waals surface area (Å²) in [7, 11) is 1.78. The molecule has 154 valence electrons. The minimum Gasteiger partial charge on any atom is -0.322 e. The van der Waals surface area contributed by atoms with Gasteiger partial charge in [0.2, 0.25) is 11.8 Å². The van der Waals surface area contributed by atoms with Crippen LogP contribution in [0, 0.1) is 0 Å². The van der Waals surface area contributed by atoms with E-state index >= 15 is 0 Å². The van der Waals surface area contributed by atoms with Gasteiger partial charge >= 0.3 is 0 Å². The highest BCUT2D eigenvalue weighted by molar-refractivity contribution is 6.06. The van der Waals surface area contributed by atoms with Gasteiger partial charge in [-0.15, -0.1) is 0 Å². The third-order valence-electron chi connectivity index (χ3n) is 5.93. The number of carbonyl (C=O) groups excluding carboxylic acids is 3. The van der Waals surface area contributed by atoms with Crippen LogP contribution in [-0.2, 0) is 16.0 Å². The van der Waals surface area contributed by atoms with E-state index in [1.165, 1.54) is 6.08 Å². The SMILES string of the molecule is C=CC(=O)N1CCCc2cc(C(=O)Nc3ccc4c(c3)C(C)CC(=O)N4C)ccc21. The van der Waals surface area contributed by atoms with Crippen LogP contribution in [0.3, 0.4) is 0 Å². The molecule has 2 heterocycles. The molecule has 4 rings (SSSR count). The molecule has 1 unspecified atom stereocenters. The maximum atomic E-state index is 12.9. The quantitative estimate of drug-likeness (QED) is 0.791. The second-order valence-corrected chi connectivity index (χ2v) is 7.93. The molecular formula is C24H25N3O3. The van der Waals surface area contributed by atoms with Gasteiger partial charge in [-0.3, -0.25) is 14.4 Å². The number of hydrogen-bond acceptors (Lipinski definition) is 3. The Kier molecular flexibility index (Phi) is 5.16. The average Bonchev–Trinajstić information content (AvgIpc) is 2.76. The third-order valence-corrected chi connectivity index (χ3v) is 5.93. The number of nitrogens with zero attached hydrogens (tertiary/aromatic N) is 2. The Morgan fingerprint density at radius 2 is 1.93 bits per heavy atom. The standard InChI is InChI=1S/C24H25N3O3/c1-4-22(28)27-11-5-6-16-13-17(7-9-20(16)27)24(30)25-18-8-10-21-19(14-18)15(2)12-23(29)26(21)3/h4,7-10,13-15H,1,5-6,11-12H2,2-3H3,(H,25,30). The van der Waals surface area contributed by atoms with E-state index in [1.807, 2.05) is 37.3 Å². The Morgan fingerprint density at radius 3 is 2.70 bits per heavy atom. The zero-order valence-electron chi connectivity index (χ0n) is 17.3. The van der Waals surface area contributed by atoms with Gasteiger partial charge in [-0.25, -0.2) is 0 Å². The van der Waals surface area contributed by atoms with Crippen molar-refractivity contribution in [3.05, 3.63) is 65.7 Å². The molecule has 6 nitrogen and oxygen atoms in total. The highest BCUT2D eigenvalue weighted by Crippen LogP contribution is 2.36. The lowest BCUT2D eigenvalue weighted by Crippen LogP contribution is -2.34. The first kappa shape index (κ1) is 19.9. The summed E-state index contributed by atoms with van der Waals surface area (Å²) in [4.78, 5) is 40.4. The van der Waals surface area contributed by atoms with Crippen LogP contribution in [0.5, 0.6) is 0 Å². The second kappa shape index (κ2) is 7.78. The van der Waals surface area contributed by atoms with E-state index in [-0.39, 0.29) is 23.6 Å². The van der Waals surface area contributed by atoms with Gasteiger partial charge in [0, 0.05) is 42.6 Å². The van der Waals surface area contributed by atoms with E-state index in [1.54, 1.807) is 22.9 Å². The van der Waals surface area contributed by atoms with E-state index < -0.39 is 0 Å². The number of amides is 3. The summed E-state index contributed by atoms with van der Waals surface area (Å²) in [5, 5.41) is 2.97. The summed E-state index contributed by atoms with van der Waals surface area (Å²) in [6.07, 6.45) is 3.46. The fourth-order valence-electron chi connectivity index (χ4n) is 4.26. The molecule has 1 atom stereocenters. The predicted octanol–water partition coefficient (Wildman–Crippen LogP) is 3.87. The van der Waals surface area contributed by atoms with E-state index in [0.717, 1.165) is 35.3 Å². The van der Waals surface area contributed by atoms with Crippen molar-refractivity contribution in [2.45, 2.75) is 32.1 Å². The minimum absolute atomic E-state index is 0.102. The average molecular weight is 403 g/mol. The van der Waals surface area contributed by atoms with Crippen LogP contribution < -0.4 is 15.1 Å². The maximum Gasteiger partial charge on any atom is 0.255 e. The molecule has 2 aromatic rings. The van der Waals surface area contributed by atoms with Crippen LogP contribution in [0.25, 0.3) is 0 Å². The van der Waals surface area contributed by atoms with Crippen LogP contribution in [0.4, 0.5) is 17.1 Å². The van der Waals surface area contributed by atoms with Crippen LogP contribution >= 0.6 is 0 Å². The lowest BCUT2D eigenvalue weighted by Gasteiger charge is -2.30. The zero-order valence-corrected chi connectivity index (χ0v) is 17.3. The molecule has 2 aliphatic rings. The largest absolute Gasteiger partial charge is 0.322 e. The van der Waals surface area contributed by atoms with Gasteiger partial charge < -0.3 is 15.1 Å². The fourth-order valence-corrected chi connectivity index (χ4v) is 4.26. The van der Waals surface area contributed by atoms with E-state index in [9.17, 15) is 14.4 Å². The molecule has 0 aromatic heterocycles. The Bertz CT molecular complexity index is 1060. The van der Waals surface area contributed by atoms with Crippen molar-refractivity contribution >= 4 is 34.8 Å². The molecule has 0 saturated carbocycles. The molecule has 30 heavy (non-hydrogen) atoms. The zero-order chi connectivity index (χ0) is 21.4. The number of rotatable bonds is 3. The summed E-state index contributed by atoms with van der Waals surface area (Å²) in [5.74, 6) is -0.111. The molecule has 0 aliphatic carbocycles. The number of carbonyl (C=O) groups is 3. The molecule has 1 N–H and O–H groups in total. The Hall–Kier alpha value is -3.41. The molecule has 0 saturated heterocycles. The normalized spacial score (nSPS) is 17.8. The van der Waals surface area contributed by atoms with E-state index in [4.69, 9.17) is 0 Å².